The molecule has 1 aliphatic rings. The van der Waals surface area contributed by atoms with Gasteiger partial charge < -0.3 is 4.90 Å². The molecule has 0 radical (unpaired) electrons. The fourth-order valence-electron chi connectivity index (χ4n) is 8.81. The highest BCUT2D eigenvalue weighted by Crippen LogP contribution is 2.50. The first kappa shape index (κ1) is 33.6. The van der Waals surface area contributed by atoms with Crippen LogP contribution in [0.3, 0.4) is 0 Å². The first-order chi connectivity index (χ1) is 27.5. The van der Waals surface area contributed by atoms with Gasteiger partial charge in [0.1, 0.15) is 0 Å². The van der Waals surface area contributed by atoms with Gasteiger partial charge in [-0.05, 0) is 114 Å². The third-order valence-corrected chi connectivity index (χ3v) is 11.7. The van der Waals surface area contributed by atoms with E-state index < -0.39 is 0 Å². The second kappa shape index (κ2) is 13.7. The number of rotatable bonds is 7. The summed E-state index contributed by atoms with van der Waals surface area (Å²) in [6, 6.07) is 77.6. The molecule has 0 saturated heterocycles. The standard InChI is InChI=1S/C55H41N/c1-55(2)52-27-10-8-25-50(52)51-34-31-43(37-53(51)55)38-29-32-45(33-30-38)56(54-28-11-9-24-49(54)40-15-4-3-5-16-40)46-22-13-20-42(36-46)41-19-12-21-44(35-41)48-26-14-18-39-17-6-7-23-47(39)48/h3-37H,1-2H3. The van der Waals surface area contributed by atoms with Crippen molar-refractivity contribution in [1.82, 2.24) is 0 Å². The van der Waals surface area contributed by atoms with Gasteiger partial charge in [0.15, 0.2) is 0 Å². The Bertz CT molecular complexity index is 2880. The van der Waals surface area contributed by atoms with Gasteiger partial charge in [-0.3, -0.25) is 0 Å². The van der Waals surface area contributed by atoms with Crippen molar-refractivity contribution >= 4 is 27.8 Å². The lowest BCUT2D eigenvalue weighted by Gasteiger charge is -2.28. The van der Waals surface area contributed by atoms with E-state index in [1.807, 2.05) is 0 Å². The van der Waals surface area contributed by atoms with Crippen molar-refractivity contribution < 1.29 is 0 Å². The predicted octanol–water partition coefficient (Wildman–Crippen LogP) is 15.3. The average molecular weight is 716 g/mol. The SMILES string of the molecule is CC1(C)c2ccccc2-c2ccc(-c3ccc(N(c4cccc(-c5cccc(-c6cccc7ccccc67)c5)c4)c4ccccc4-c4ccccc4)cc3)cc21. The van der Waals surface area contributed by atoms with Gasteiger partial charge in [-0.1, -0.05) is 184 Å². The first-order valence-corrected chi connectivity index (χ1v) is 19.5. The van der Waals surface area contributed by atoms with Gasteiger partial charge in [0.25, 0.3) is 0 Å². The number of hydrogen-bond donors (Lipinski definition) is 0. The number of para-hydroxylation sites is 1. The Hall–Kier alpha value is -6.96. The smallest absolute Gasteiger partial charge is 0.0540 e. The van der Waals surface area contributed by atoms with Gasteiger partial charge in [-0.2, -0.15) is 0 Å². The molecule has 0 aromatic heterocycles. The minimum atomic E-state index is -0.0424. The monoisotopic (exact) mass is 715 g/mol. The van der Waals surface area contributed by atoms with Crippen molar-refractivity contribution in [3.05, 3.63) is 223 Å². The molecule has 0 bridgehead atoms. The van der Waals surface area contributed by atoms with Crippen LogP contribution >= 0.6 is 0 Å². The van der Waals surface area contributed by atoms with Gasteiger partial charge in [-0.25, -0.2) is 0 Å². The highest BCUT2D eigenvalue weighted by Gasteiger charge is 2.35. The number of hydrogen-bond acceptors (Lipinski definition) is 1. The Balaban J connectivity index is 1.07. The number of fused-ring (bicyclic) bond motifs is 4. The largest absolute Gasteiger partial charge is 0.310 e. The van der Waals surface area contributed by atoms with Gasteiger partial charge >= 0.3 is 0 Å². The number of anilines is 3. The fraction of sp³-hybridized carbons (Fsp3) is 0.0545. The highest BCUT2D eigenvalue weighted by molar-refractivity contribution is 5.97. The van der Waals surface area contributed by atoms with Crippen LogP contribution in [0, 0.1) is 0 Å². The third kappa shape index (κ3) is 5.81. The summed E-state index contributed by atoms with van der Waals surface area (Å²) in [6.45, 7) is 4.70. The van der Waals surface area contributed by atoms with Crippen LogP contribution in [0.25, 0.3) is 66.4 Å². The summed E-state index contributed by atoms with van der Waals surface area (Å²) >= 11 is 0. The Morgan fingerprint density at radius 3 is 1.75 bits per heavy atom. The summed E-state index contributed by atoms with van der Waals surface area (Å²) in [7, 11) is 0. The zero-order chi connectivity index (χ0) is 37.6. The molecule has 1 aliphatic carbocycles. The summed E-state index contributed by atoms with van der Waals surface area (Å²) in [6.07, 6.45) is 0. The van der Waals surface area contributed by atoms with Gasteiger partial charge in [0.2, 0.25) is 0 Å². The Morgan fingerprint density at radius 2 is 0.893 bits per heavy atom. The zero-order valence-corrected chi connectivity index (χ0v) is 31.7. The number of nitrogens with zero attached hydrogens (tertiary/aromatic N) is 1. The molecule has 1 heteroatoms. The van der Waals surface area contributed by atoms with Crippen molar-refractivity contribution in [3.8, 4) is 55.6 Å². The van der Waals surface area contributed by atoms with Crippen molar-refractivity contribution in [2.24, 2.45) is 0 Å². The molecule has 10 rings (SSSR count). The van der Waals surface area contributed by atoms with E-state index in [4.69, 9.17) is 0 Å². The Labute approximate surface area is 329 Å². The summed E-state index contributed by atoms with van der Waals surface area (Å²) in [4.78, 5) is 2.41. The lowest BCUT2D eigenvalue weighted by Crippen LogP contribution is -2.14. The van der Waals surface area contributed by atoms with E-state index in [-0.39, 0.29) is 5.41 Å². The van der Waals surface area contributed by atoms with E-state index in [1.165, 1.54) is 77.5 Å². The van der Waals surface area contributed by atoms with Crippen LogP contribution in [0.15, 0.2) is 212 Å². The molecule has 266 valence electrons. The molecule has 0 fully saturated rings. The van der Waals surface area contributed by atoms with Gasteiger partial charge in [0.05, 0.1) is 5.69 Å². The lowest BCUT2D eigenvalue weighted by molar-refractivity contribution is 0.660. The molecular weight excluding hydrogens is 675 g/mol. The molecule has 0 unspecified atom stereocenters. The molecule has 0 spiro atoms. The minimum absolute atomic E-state index is 0.0424. The quantitative estimate of drug-likeness (QED) is 0.159. The van der Waals surface area contributed by atoms with Crippen LogP contribution in [-0.2, 0) is 5.41 Å². The zero-order valence-electron chi connectivity index (χ0n) is 31.7. The lowest BCUT2D eigenvalue weighted by atomic mass is 9.81. The van der Waals surface area contributed by atoms with Crippen molar-refractivity contribution in [3.63, 3.8) is 0 Å². The molecular formula is C55H41N. The van der Waals surface area contributed by atoms with Crippen molar-refractivity contribution in [2.45, 2.75) is 19.3 Å². The van der Waals surface area contributed by atoms with Crippen LogP contribution in [0.1, 0.15) is 25.0 Å². The van der Waals surface area contributed by atoms with Crippen LogP contribution in [-0.4, -0.2) is 0 Å². The average Bonchev–Trinajstić information content (AvgIpc) is 3.49. The van der Waals surface area contributed by atoms with Crippen molar-refractivity contribution in [1.29, 1.82) is 0 Å². The van der Waals surface area contributed by atoms with E-state index in [9.17, 15) is 0 Å². The van der Waals surface area contributed by atoms with Crippen LogP contribution in [0.2, 0.25) is 0 Å². The predicted molar refractivity (Wildman–Crippen MR) is 238 cm³/mol. The van der Waals surface area contributed by atoms with Crippen molar-refractivity contribution in [2.75, 3.05) is 4.90 Å². The summed E-state index contributed by atoms with van der Waals surface area (Å²) in [5.41, 5.74) is 18.4. The highest BCUT2D eigenvalue weighted by atomic mass is 15.1. The van der Waals surface area contributed by atoms with Gasteiger partial charge in [0, 0.05) is 22.4 Å². The maximum atomic E-state index is 2.41. The maximum Gasteiger partial charge on any atom is 0.0540 e. The molecule has 0 atom stereocenters. The summed E-state index contributed by atoms with van der Waals surface area (Å²) < 4.78 is 0. The summed E-state index contributed by atoms with van der Waals surface area (Å²) in [5, 5.41) is 2.52. The van der Waals surface area contributed by atoms with Crippen LogP contribution < -0.4 is 4.90 Å². The third-order valence-electron chi connectivity index (χ3n) is 11.7. The van der Waals surface area contributed by atoms with E-state index in [2.05, 4.69) is 231 Å². The van der Waals surface area contributed by atoms with E-state index in [1.54, 1.807) is 0 Å². The fourth-order valence-corrected chi connectivity index (χ4v) is 8.81. The molecule has 56 heavy (non-hydrogen) atoms. The Morgan fingerprint density at radius 1 is 0.321 bits per heavy atom. The normalized spacial score (nSPS) is 12.6. The molecule has 9 aromatic carbocycles. The minimum Gasteiger partial charge on any atom is -0.310 e. The Kier molecular flexibility index (Phi) is 8.23. The van der Waals surface area contributed by atoms with Gasteiger partial charge in [-0.15, -0.1) is 0 Å². The summed E-state index contributed by atoms with van der Waals surface area (Å²) in [5.74, 6) is 0. The molecule has 0 heterocycles. The molecule has 1 nitrogen and oxygen atoms in total. The molecule has 0 saturated carbocycles. The second-order valence-electron chi connectivity index (χ2n) is 15.4. The van der Waals surface area contributed by atoms with E-state index in [0.717, 1.165) is 17.1 Å². The van der Waals surface area contributed by atoms with Crippen LogP contribution in [0.5, 0.6) is 0 Å². The van der Waals surface area contributed by atoms with E-state index in [0.29, 0.717) is 0 Å². The molecule has 0 aliphatic heterocycles. The second-order valence-corrected chi connectivity index (χ2v) is 15.4. The van der Waals surface area contributed by atoms with Crippen LogP contribution in [0.4, 0.5) is 17.1 Å². The maximum absolute atomic E-state index is 2.41. The molecule has 0 amide bonds. The molecule has 9 aromatic rings. The van der Waals surface area contributed by atoms with E-state index >= 15 is 0 Å². The topological polar surface area (TPSA) is 3.24 Å². The molecule has 0 N–H and O–H groups in total. The number of benzene rings is 9. The first-order valence-electron chi connectivity index (χ1n) is 19.5.